The molecule has 10 heteroatoms. The van der Waals surface area contributed by atoms with Crippen molar-refractivity contribution < 1.29 is 9.53 Å². The lowest BCUT2D eigenvalue weighted by Gasteiger charge is -2.30. The van der Waals surface area contributed by atoms with E-state index in [9.17, 15) is 4.79 Å². The number of nitrogens with zero attached hydrogens (tertiary/aromatic N) is 6. The lowest BCUT2D eigenvalue weighted by atomic mass is 9.94. The molecule has 4 rings (SSSR count). The van der Waals surface area contributed by atoms with Crippen LogP contribution in [0, 0.1) is 18.3 Å². The second-order valence-corrected chi connectivity index (χ2v) is 9.37. The lowest BCUT2D eigenvalue weighted by Crippen LogP contribution is -2.35. The van der Waals surface area contributed by atoms with Gasteiger partial charge in [-0.25, -0.2) is 15.0 Å². The van der Waals surface area contributed by atoms with Crippen LogP contribution in [0.25, 0.3) is 0 Å². The average molecular weight is 492 g/mol. The predicted molar refractivity (Wildman–Crippen MR) is 135 cm³/mol. The monoisotopic (exact) mass is 491 g/mol. The van der Waals surface area contributed by atoms with E-state index in [2.05, 4.69) is 31.2 Å². The van der Waals surface area contributed by atoms with Crippen molar-refractivity contribution in [1.29, 1.82) is 5.26 Å². The molecular weight excluding hydrogens is 462 g/mol. The zero-order valence-corrected chi connectivity index (χ0v) is 20.8. The Morgan fingerprint density at radius 1 is 1.31 bits per heavy atom. The van der Waals surface area contributed by atoms with Gasteiger partial charge in [0.2, 0.25) is 0 Å². The number of likely N-dealkylation sites (N-methyl/N-ethyl adjacent to an activating group) is 1. The summed E-state index contributed by atoms with van der Waals surface area (Å²) in [6, 6.07) is 13.7. The Labute approximate surface area is 209 Å². The van der Waals surface area contributed by atoms with Crippen LogP contribution in [0.5, 0.6) is 5.75 Å². The van der Waals surface area contributed by atoms with Crippen molar-refractivity contribution >= 4 is 28.2 Å². The van der Waals surface area contributed by atoms with Gasteiger partial charge in [-0.15, -0.1) is 11.3 Å². The number of aromatic nitrogens is 3. The van der Waals surface area contributed by atoms with Gasteiger partial charge in [-0.05, 0) is 38.4 Å². The summed E-state index contributed by atoms with van der Waals surface area (Å²) in [5.74, 6) is 2.21. The van der Waals surface area contributed by atoms with E-state index in [1.165, 1.54) is 11.3 Å². The van der Waals surface area contributed by atoms with Gasteiger partial charge < -0.3 is 15.0 Å². The molecule has 182 valence electrons. The van der Waals surface area contributed by atoms with Crippen molar-refractivity contribution in [3.8, 4) is 11.8 Å². The maximum absolute atomic E-state index is 12.8. The number of para-hydroxylation sites is 1. The molecular formula is C25H29N7O2S. The molecule has 1 atom stereocenters. The van der Waals surface area contributed by atoms with E-state index in [0.29, 0.717) is 42.2 Å². The quantitative estimate of drug-likeness (QED) is 0.450. The fraction of sp³-hybridized carbons (Fsp3) is 0.400. The number of piperidine rings is 1. The Kier molecular flexibility index (Phi) is 8.23. The molecule has 1 unspecified atom stereocenters. The number of rotatable bonds is 9. The molecule has 3 heterocycles. The summed E-state index contributed by atoms with van der Waals surface area (Å²) < 4.78 is 5.68. The fourth-order valence-electron chi connectivity index (χ4n) is 4.06. The second kappa shape index (κ2) is 11.7. The summed E-state index contributed by atoms with van der Waals surface area (Å²) in [5, 5.41) is 14.6. The molecule has 0 spiro atoms. The Balaban J connectivity index is 1.35. The number of nitrogens with one attached hydrogen (secondary N) is 1. The van der Waals surface area contributed by atoms with Crippen LogP contribution < -0.4 is 10.1 Å². The number of hydrogen-bond donors (Lipinski definition) is 1. The minimum atomic E-state index is -0.162. The Morgan fingerprint density at radius 2 is 2.14 bits per heavy atom. The first-order valence-electron chi connectivity index (χ1n) is 11.6. The Hall–Kier alpha value is -3.55. The highest BCUT2D eigenvalue weighted by Crippen LogP contribution is 2.28. The molecule has 0 radical (unpaired) electrons. The van der Waals surface area contributed by atoms with E-state index in [0.717, 1.165) is 37.4 Å². The number of likely N-dealkylation sites (tertiary alicyclic amines) is 1. The summed E-state index contributed by atoms with van der Waals surface area (Å²) in [7, 11) is 1.74. The molecule has 1 aliphatic rings. The number of anilines is 2. The van der Waals surface area contributed by atoms with Crippen molar-refractivity contribution in [1.82, 2.24) is 24.8 Å². The first-order valence-corrected chi connectivity index (χ1v) is 12.5. The van der Waals surface area contributed by atoms with E-state index >= 15 is 0 Å². The van der Waals surface area contributed by atoms with Gasteiger partial charge in [-0.2, -0.15) is 5.26 Å². The first kappa shape index (κ1) is 24.6. The zero-order valence-electron chi connectivity index (χ0n) is 20.0. The summed E-state index contributed by atoms with van der Waals surface area (Å²) in [4.78, 5) is 30.2. The van der Waals surface area contributed by atoms with Gasteiger partial charge in [-0.1, -0.05) is 18.2 Å². The SMILES string of the molecule is Cc1nc(Nc2nc(C(=O)N(C)CCOc3ccccc3)cs2)cc(C2CCCN(CC#N)C2)n1. The van der Waals surface area contributed by atoms with Crippen LogP contribution in [0.4, 0.5) is 10.9 Å². The molecule has 1 fully saturated rings. The molecule has 35 heavy (non-hydrogen) atoms. The number of ether oxygens (including phenoxy) is 1. The molecule has 9 nitrogen and oxygen atoms in total. The van der Waals surface area contributed by atoms with Crippen LogP contribution in [-0.2, 0) is 0 Å². The zero-order chi connectivity index (χ0) is 24.6. The van der Waals surface area contributed by atoms with Crippen LogP contribution in [0.2, 0.25) is 0 Å². The molecule has 1 N–H and O–H groups in total. The number of nitriles is 1. The van der Waals surface area contributed by atoms with Crippen LogP contribution in [0.3, 0.4) is 0 Å². The van der Waals surface area contributed by atoms with E-state index in [1.54, 1.807) is 17.3 Å². The largest absolute Gasteiger partial charge is 0.492 e. The van der Waals surface area contributed by atoms with Crippen molar-refractivity contribution in [3.63, 3.8) is 0 Å². The van der Waals surface area contributed by atoms with Crippen LogP contribution in [0.1, 0.15) is 40.8 Å². The van der Waals surface area contributed by atoms with Gasteiger partial charge in [0.15, 0.2) is 5.13 Å². The van der Waals surface area contributed by atoms with Crippen LogP contribution >= 0.6 is 11.3 Å². The van der Waals surface area contributed by atoms with Crippen LogP contribution in [-0.4, -0.2) is 70.5 Å². The maximum Gasteiger partial charge on any atom is 0.273 e. The first-order chi connectivity index (χ1) is 17.0. The second-order valence-electron chi connectivity index (χ2n) is 8.51. The Morgan fingerprint density at radius 3 is 2.94 bits per heavy atom. The Bertz CT molecular complexity index is 1180. The maximum atomic E-state index is 12.8. The van der Waals surface area contributed by atoms with Crippen molar-refractivity contribution in [3.05, 3.63) is 59.0 Å². The third-order valence-corrected chi connectivity index (χ3v) is 6.58. The van der Waals surface area contributed by atoms with Crippen molar-refractivity contribution in [2.75, 3.05) is 45.2 Å². The predicted octanol–water partition coefficient (Wildman–Crippen LogP) is 3.84. The number of carbonyl (C=O) groups excluding carboxylic acids is 1. The molecule has 1 aliphatic heterocycles. The molecule has 1 aromatic carbocycles. The van der Waals surface area contributed by atoms with Crippen molar-refractivity contribution in [2.45, 2.75) is 25.7 Å². The standard InChI is InChI=1S/C25H29N7O2S/c1-18-27-21(19-7-6-11-32(16-19)12-10-26)15-23(28-18)30-25-29-22(17-35-25)24(33)31(2)13-14-34-20-8-4-3-5-9-20/h3-5,8-9,15,17,19H,6-7,11-14,16H2,1-2H3,(H,27,28,29,30). The number of hydrogen-bond acceptors (Lipinski definition) is 9. The number of amides is 1. The number of carbonyl (C=O) groups is 1. The van der Waals surface area contributed by atoms with E-state index < -0.39 is 0 Å². The topological polar surface area (TPSA) is 107 Å². The summed E-state index contributed by atoms with van der Waals surface area (Å²) >= 11 is 1.36. The molecule has 0 bridgehead atoms. The number of aryl methyl sites for hydroxylation is 1. The highest BCUT2D eigenvalue weighted by molar-refractivity contribution is 7.14. The molecule has 0 saturated carbocycles. The number of thiazole rings is 1. The number of benzene rings is 1. The molecule has 1 amide bonds. The van der Waals surface area contributed by atoms with Gasteiger partial charge in [0.05, 0.1) is 24.9 Å². The van der Waals surface area contributed by atoms with E-state index in [1.807, 2.05) is 43.3 Å². The van der Waals surface area contributed by atoms with Crippen molar-refractivity contribution in [2.24, 2.45) is 0 Å². The minimum absolute atomic E-state index is 0.162. The average Bonchev–Trinajstić information content (AvgIpc) is 3.32. The van der Waals surface area contributed by atoms with Gasteiger partial charge in [0.25, 0.3) is 5.91 Å². The third-order valence-electron chi connectivity index (χ3n) is 5.82. The van der Waals surface area contributed by atoms with Gasteiger partial charge >= 0.3 is 0 Å². The molecule has 0 aliphatic carbocycles. The smallest absolute Gasteiger partial charge is 0.273 e. The third kappa shape index (κ3) is 6.74. The lowest BCUT2D eigenvalue weighted by molar-refractivity contribution is 0.0769. The fourth-order valence-corrected chi connectivity index (χ4v) is 4.75. The minimum Gasteiger partial charge on any atom is -0.492 e. The van der Waals surface area contributed by atoms with E-state index in [-0.39, 0.29) is 11.8 Å². The van der Waals surface area contributed by atoms with Gasteiger partial charge in [-0.3, -0.25) is 9.69 Å². The van der Waals surface area contributed by atoms with Crippen LogP contribution in [0.15, 0.2) is 41.8 Å². The molecule has 1 saturated heterocycles. The summed E-state index contributed by atoms with van der Waals surface area (Å²) in [5.41, 5.74) is 1.35. The normalized spacial score (nSPS) is 15.9. The molecule has 2 aromatic heterocycles. The van der Waals surface area contributed by atoms with E-state index in [4.69, 9.17) is 10.00 Å². The highest BCUT2D eigenvalue weighted by Gasteiger charge is 2.23. The van der Waals surface area contributed by atoms with Gasteiger partial charge in [0, 0.05) is 31.0 Å². The van der Waals surface area contributed by atoms with Gasteiger partial charge in [0.1, 0.15) is 29.7 Å². The summed E-state index contributed by atoms with van der Waals surface area (Å²) in [6.45, 7) is 4.92. The highest BCUT2D eigenvalue weighted by atomic mass is 32.1. The molecule has 3 aromatic rings. The summed E-state index contributed by atoms with van der Waals surface area (Å²) in [6.07, 6.45) is 2.08.